The number of aromatic nitrogens is 1. The first-order chi connectivity index (χ1) is 8.74. The molecule has 5 heteroatoms. The van der Waals surface area contributed by atoms with E-state index in [4.69, 9.17) is 10.5 Å². The Morgan fingerprint density at radius 1 is 1.28 bits per heavy atom. The van der Waals surface area contributed by atoms with Crippen LogP contribution in [0.2, 0.25) is 0 Å². The molecule has 98 valence electrons. The van der Waals surface area contributed by atoms with Crippen LogP contribution < -0.4 is 10.5 Å². The molecule has 0 fully saturated rings. The summed E-state index contributed by atoms with van der Waals surface area (Å²) in [6, 6.07) is 5.95. The molecule has 0 aliphatic rings. The second-order valence-electron chi connectivity index (χ2n) is 3.23. The van der Waals surface area contributed by atoms with Gasteiger partial charge in [0.2, 0.25) is 0 Å². The SMILES string of the molecule is CC.Nc1nc(CCOc2ccc(F)cc2)cs1. The van der Waals surface area contributed by atoms with E-state index in [9.17, 15) is 4.39 Å². The highest BCUT2D eigenvalue weighted by Gasteiger charge is 1.99. The lowest BCUT2D eigenvalue weighted by molar-refractivity contribution is 0.320. The number of hydrogen-bond donors (Lipinski definition) is 1. The van der Waals surface area contributed by atoms with Crippen molar-refractivity contribution in [3.8, 4) is 5.75 Å². The number of ether oxygens (including phenoxy) is 1. The predicted molar refractivity (Wildman–Crippen MR) is 73.5 cm³/mol. The third kappa shape index (κ3) is 4.71. The number of benzene rings is 1. The fraction of sp³-hybridized carbons (Fsp3) is 0.308. The molecule has 2 rings (SSSR count). The van der Waals surface area contributed by atoms with Crippen molar-refractivity contribution in [1.82, 2.24) is 4.98 Å². The van der Waals surface area contributed by atoms with E-state index in [0.717, 1.165) is 5.69 Å². The second kappa shape index (κ2) is 7.66. The summed E-state index contributed by atoms with van der Waals surface area (Å²) < 4.78 is 18.0. The quantitative estimate of drug-likeness (QED) is 0.923. The van der Waals surface area contributed by atoms with Crippen molar-refractivity contribution in [2.24, 2.45) is 0 Å². The minimum Gasteiger partial charge on any atom is -0.493 e. The molecule has 2 N–H and O–H groups in total. The molecule has 1 aromatic carbocycles. The summed E-state index contributed by atoms with van der Waals surface area (Å²) >= 11 is 1.41. The van der Waals surface area contributed by atoms with Gasteiger partial charge in [0.15, 0.2) is 5.13 Å². The molecular formula is C13H17FN2OS. The summed E-state index contributed by atoms with van der Waals surface area (Å²) in [5.74, 6) is 0.393. The number of rotatable bonds is 4. The normalized spacial score (nSPS) is 9.50. The molecule has 0 saturated carbocycles. The first-order valence-electron chi connectivity index (χ1n) is 5.82. The van der Waals surface area contributed by atoms with Crippen LogP contribution in [0.25, 0.3) is 0 Å². The zero-order chi connectivity index (χ0) is 13.4. The smallest absolute Gasteiger partial charge is 0.180 e. The van der Waals surface area contributed by atoms with Crippen molar-refractivity contribution in [2.75, 3.05) is 12.3 Å². The number of nitrogen functional groups attached to an aromatic ring is 1. The number of thiazole rings is 1. The summed E-state index contributed by atoms with van der Waals surface area (Å²) in [5, 5.41) is 2.47. The summed E-state index contributed by atoms with van der Waals surface area (Å²) in [7, 11) is 0. The first-order valence-corrected chi connectivity index (χ1v) is 6.70. The van der Waals surface area contributed by atoms with Gasteiger partial charge in [-0.05, 0) is 24.3 Å². The average molecular weight is 268 g/mol. The lowest BCUT2D eigenvalue weighted by Gasteiger charge is -2.04. The lowest BCUT2D eigenvalue weighted by atomic mass is 10.3. The Balaban J connectivity index is 0.000000771. The van der Waals surface area contributed by atoms with Crippen LogP contribution in [0.4, 0.5) is 9.52 Å². The van der Waals surface area contributed by atoms with Gasteiger partial charge in [-0.3, -0.25) is 0 Å². The molecule has 0 spiro atoms. The maximum atomic E-state index is 12.6. The van der Waals surface area contributed by atoms with Gasteiger partial charge in [-0.25, -0.2) is 9.37 Å². The Morgan fingerprint density at radius 3 is 2.50 bits per heavy atom. The van der Waals surface area contributed by atoms with Gasteiger partial charge in [0.25, 0.3) is 0 Å². The van der Waals surface area contributed by atoms with Crippen LogP contribution >= 0.6 is 11.3 Å². The van der Waals surface area contributed by atoms with Crippen molar-refractivity contribution in [3.63, 3.8) is 0 Å². The average Bonchev–Trinajstić information content (AvgIpc) is 2.80. The largest absolute Gasteiger partial charge is 0.493 e. The highest BCUT2D eigenvalue weighted by molar-refractivity contribution is 7.13. The maximum absolute atomic E-state index is 12.6. The monoisotopic (exact) mass is 268 g/mol. The molecule has 1 aromatic heterocycles. The highest BCUT2D eigenvalue weighted by Crippen LogP contribution is 2.14. The van der Waals surface area contributed by atoms with Crippen molar-refractivity contribution in [1.29, 1.82) is 0 Å². The van der Waals surface area contributed by atoms with Crippen molar-refractivity contribution >= 4 is 16.5 Å². The molecule has 0 aliphatic heterocycles. The Bertz CT molecular complexity index is 456. The number of hydrogen-bond acceptors (Lipinski definition) is 4. The molecule has 0 amide bonds. The standard InChI is InChI=1S/C11H11FN2OS.C2H6/c12-8-1-3-10(4-2-8)15-6-5-9-7-16-11(13)14-9;1-2/h1-4,7H,5-6H2,(H2,13,14);1-2H3. The molecule has 0 aliphatic carbocycles. The molecule has 0 saturated heterocycles. The number of nitrogens with two attached hydrogens (primary N) is 1. The number of anilines is 1. The fourth-order valence-corrected chi connectivity index (χ4v) is 1.84. The Labute approximate surface area is 110 Å². The van der Waals surface area contributed by atoms with Crippen molar-refractivity contribution in [3.05, 3.63) is 41.2 Å². The van der Waals surface area contributed by atoms with Gasteiger partial charge in [0, 0.05) is 11.8 Å². The molecule has 3 nitrogen and oxygen atoms in total. The molecule has 0 unspecified atom stereocenters. The maximum Gasteiger partial charge on any atom is 0.180 e. The summed E-state index contributed by atoms with van der Waals surface area (Å²) in [4.78, 5) is 4.11. The van der Waals surface area contributed by atoms with E-state index in [-0.39, 0.29) is 5.82 Å². The van der Waals surface area contributed by atoms with Crippen LogP contribution in [-0.2, 0) is 6.42 Å². The molecule has 0 atom stereocenters. The highest BCUT2D eigenvalue weighted by atomic mass is 32.1. The Hall–Kier alpha value is -1.62. The third-order valence-corrected chi connectivity index (χ3v) is 2.73. The fourth-order valence-electron chi connectivity index (χ4n) is 1.24. The van der Waals surface area contributed by atoms with Crippen LogP contribution in [0.3, 0.4) is 0 Å². The van der Waals surface area contributed by atoms with E-state index in [1.807, 2.05) is 19.2 Å². The van der Waals surface area contributed by atoms with Crippen LogP contribution in [0.1, 0.15) is 19.5 Å². The zero-order valence-corrected chi connectivity index (χ0v) is 11.3. The van der Waals surface area contributed by atoms with Crippen molar-refractivity contribution < 1.29 is 9.13 Å². The Morgan fingerprint density at radius 2 is 1.94 bits per heavy atom. The predicted octanol–water partition coefficient (Wildman–Crippen LogP) is 3.51. The van der Waals surface area contributed by atoms with Crippen molar-refractivity contribution in [2.45, 2.75) is 20.3 Å². The van der Waals surface area contributed by atoms with E-state index in [1.165, 1.54) is 23.5 Å². The van der Waals surface area contributed by atoms with E-state index >= 15 is 0 Å². The van der Waals surface area contributed by atoms with E-state index < -0.39 is 0 Å². The van der Waals surface area contributed by atoms with Gasteiger partial charge in [0.05, 0.1) is 12.3 Å². The van der Waals surface area contributed by atoms with Gasteiger partial charge in [-0.15, -0.1) is 11.3 Å². The second-order valence-corrected chi connectivity index (χ2v) is 4.12. The number of halogens is 1. The summed E-state index contributed by atoms with van der Waals surface area (Å²) in [6.07, 6.45) is 0.699. The van der Waals surface area contributed by atoms with E-state index in [1.54, 1.807) is 12.1 Å². The minimum atomic E-state index is -0.264. The lowest BCUT2D eigenvalue weighted by Crippen LogP contribution is -2.01. The van der Waals surface area contributed by atoms with Gasteiger partial charge < -0.3 is 10.5 Å². The molecular weight excluding hydrogens is 251 g/mol. The zero-order valence-electron chi connectivity index (χ0n) is 10.5. The topological polar surface area (TPSA) is 48.1 Å². The molecule has 2 aromatic rings. The Kier molecular flexibility index (Phi) is 6.14. The molecule has 1 heterocycles. The number of nitrogens with zero attached hydrogens (tertiary/aromatic N) is 1. The first kappa shape index (κ1) is 14.4. The third-order valence-electron chi connectivity index (χ3n) is 2.01. The van der Waals surface area contributed by atoms with Gasteiger partial charge in [0.1, 0.15) is 11.6 Å². The van der Waals surface area contributed by atoms with Gasteiger partial charge >= 0.3 is 0 Å². The molecule has 0 bridgehead atoms. The minimum absolute atomic E-state index is 0.264. The van der Waals surface area contributed by atoms with Crippen LogP contribution in [0, 0.1) is 5.82 Å². The van der Waals surface area contributed by atoms with E-state index in [2.05, 4.69) is 4.98 Å². The summed E-state index contributed by atoms with van der Waals surface area (Å²) in [5.41, 5.74) is 6.42. The van der Waals surface area contributed by atoms with Crippen LogP contribution in [-0.4, -0.2) is 11.6 Å². The molecule has 18 heavy (non-hydrogen) atoms. The molecule has 0 radical (unpaired) electrons. The van der Waals surface area contributed by atoms with Gasteiger partial charge in [-0.1, -0.05) is 13.8 Å². The van der Waals surface area contributed by atoms with Gasteiger partial charge in [-0.2, -0.15) is 0 Å². The van der Waals surface area contributed by atoms with E-state index in [0.29, 0.717) is 23.9 Å². The summed E-state index contributed by atoms with van der Waals surface area (Å²) in [6.45, 7) is 4.51. The van der Waals surface area contributed by atoms with Crippen LogP contribution in [0.5, 0.6) is 5.75 Å². The van der Waals surface area contributed by atoms with Crippen LogP contribution in [0.15, 0.2) is 29.6 Å².